The van der Waals surface area contributed by atoms with E-state index in [4.69, 9.17) is 21.7 Å². The van der Waals surface area contributed by atoms with Crippen LogP contribution in [0.4, 0.5) is 5.69 Å². The standard InChI is InChI=1S/C22H22N2O4S2/c1-13-6-5-7-16(14(13)2)23-20(25)12-24-21(26)19(30-22(24)29)11-15-8-9-17(27-3)18(10-15)28-4/h5-11H,12H2,1-4H3,(H,23,25). The van der Waals surface area contributed by atoms with Gasteiger partial charge in [-0.15, -0.1) is 0 Å². The largest absolute Gasteiger partial charge is 0.493 e. The fraction of sp³-hybridized carbons (Fsp3) is 0.227. The summed E-state index contributed by atoms with van der Waals surface area (Å²) in [6.45, 7) is 3.78. The minimum absolute atomic E-state index is 0.138. The molecule has 0 saturated carbocycles. The Labute approximate surface area is 185 Å². The van der Waals surface area contributed by atoms with Crippen LogP contribution in [0.3, 0.4) is 0 Å². The molecule has 1 aliphatic rings. The molecule has 30 heavy (non-hydrogen) atoms. The molecule has 0 atom stereocenters. The number of thiocarbonyl (C=S) groups is 1. The molecule has 0 aliphatic carbocycles. The molecule has 0 radical (unpaired) electrons. The molecular weight excluding hydrogens is 420 g/mol. The summed E-state index contributed by atoms with van der Waals surface area (Å²) in [6, 6.07) is 11.1. The van der Waals surface area contributed by atoms with E-state index in [1.54, 1.807) is 32.4 Å². The number of hydrogen-bond donors (Lipinski definition) is 1. The van der Waals surface area contributed by atoms with Gasteiger partial charge < -0.3 is 14.8 Å². The monoisotopic (exact) mass is 442 g/mol. The zero-order chi connectivity index (χ0) is 21.8. The smallest absolute Gasteiger partial charge is 0.266 e. The van der Waals surface area contributed by atoms with Crippen LogP contribution < -0.4 is 14.8 Å². The van der Waals surface area contributed by atoms with Crippen molar-refractivity contribution >= 4 is 51.9 Å². The number of nitrogens with one attached hydrogen (secondary N) is 1. The lowest BCUT2D eigenvalue weighted by Gasteiger charge is -2.15. The van der Waals surface area contributed by atoms with Gasteiger partial charge in [-0.1, -0.05) is 42.2 Å². The minimum atomic E-state index is -0.299. The average molecular weight is 443 g/mol. The van der Waals surface area contributed by atoms with Crippen molar-refractivity contribution < 1.29 is 19.1 Å². The maximum Gasteiger partial charge on any atom is 0.266 e. The molecule has 1 N–H and O–H groups in total. The van der Waals surface area contributed by atoms with E-state index in [-0.39, 0.29) is 18.4 Å². The fourth-order valence-corrected chi connectivity index (χ4v) is 4.21. The van der Waals surface area contributed by atoms with Crippen LogP contribution in [0, 0.1) is 13.8 Å². The summed E-state index contributed by atoms with van der Waals surface area (Å²) in [5, 5.41) is 2.86. The van der Waals surface area contributed by atoms with Gasteiger partial charge in [0.05, 0.1) is 19.1 Å². The van der Waals surface area contributed by atoms with Crippen LogP contribution in [0.25, 0.3) is 6.08 Å². The number of anilines is 1. The van der Waals surface area contributed by atoms with Crippen molar-refractivity contribution in [1.82, 2.24) is 4.90 Å². The van der Waals surface area contributed by atoms with Crippen LogP contribution in [0.5, 0.6) is 11.5 Å². The molecule has 3 rings (SSSR count). The van der Waals surface area contributed by atoms with E-state index in [1.807, 2.05) is 38.1 Å². The maximum absolute atomic E-state index is 12.8. The van der Waals surface area contributed by atoms with Crippen molar-refractivity contribution in [3.63, 3.8) is 0 Å². The molecule has 0 aromatic heterocycles. The first-order valence-electron chi connectivity index (χ1n) is 9.17. The fourth-order valence-electron chi connectivity index (χ4n) is 2.95. The van der Waals surface area contributed by atoms with Gasteiger partial charge in [-0.3, -0.25) is 14.5 Å². The first kappa shape index (κ1) is 21.9. The Bertz CT molecular complexity index is 1050. The second-order valence-electron chi connectivity index (χ2n) is 6.68. The summed E-state index contributed by atoms with van der Waals surface area (Å²) < 4.78 is 10.9. The van der Waals surface area contributed by atoms with E-state index in [1.165, 1.54) is 16.7 Å². The van der Waals surface area contributed by atoms with Gasteiger partial charge in [-0.2, -0.15) is 0 Å². The first-order valence-corrected chi connectivity index (χ1v) is 10.4. The predicted molar refractivity (Wildman–Crippen MR) is 124 cm³/mol. The van der Waals surface area contributed by atoms with Crippen molar-refractivity contribution in [2.45, 2.75) is 13.8 Å². The van der Waals surface area contributed by atoms with E-state index in [0.29, 0.717) is 20.7 Å². The summed E-state index contributed by atoms with van der Waals surface area (Å²) in [4.78, 5) is 27.1. The molecule has 1 heterocycles. The molecule has 0 spiro atoms. The maximum atomic E-state index is 12.8. The number of rotatable bonds is 6. The van der Waals surface area contributed by atoms with Crippen LogP contribution in [-0.2, 0) is 9.59 Å². The highest BCUT2D eigenvalue weighted by Gasteiger charge is 2.33. The lowest BCUT2D eigenvalue weighted by Crippen LogP contribution is -2.36. The molecule has 2 aromatic carbocycles. The van der Waals surface area contributed by atoms with Crippen LogP contribution in [0.15, 0.2) is 41.3 Å². The molecule has 1 fully saturated rings. The van der Waals surface area contributed by atoms with E-state index < -0.39 is 0 Å². The summed E-state index contributed by atoms with van der Waals surface area (Å²) in [7, 11) is 3.11. The van der Waals surface area contributed by atoms with Crippen molar-refractivity contribution in [3.8, 4) is 11.5 Å². The number of benzene rings is 2. The van der Waals surface area contributed by atoms with Gasteiger partial charge in [0.2, 0.25) is 5.91 Å². The summed E-state index contributed by atoms with van der Waals surface area (Å²) in [6.07, 6.45) is 1.73. The third-order valence-corrected chi connectivity index (χ3v) is 6.14. The first-order chi connectivity index (χ1) is 14.3. The Morgan fingerprint density at radius 1 is 1.17 bits per heavy atom. The van der Waals surface area contributed by atoms with Gasteiger partial charge in [0.25, 0.3) is 5.91 Å². The molecule has 0 bridgehead atoms. The molecule has 2 amide bonds. The number of thioether (sulfide) groups is 1. The second kappa shape index (κ2) is 9.32. The molecule has 1 saturated heterocycles. The van der Waals surface area contributed by atoms with Crippen LogP contribution >= 0.6 is 24.0 Å². The van der Waals surface area contributed by atoms with Gasteiger partial charge in [0, 0.05) is 5.69 Å². The van der Waals surface area contributed by atoms with Crippen LogP contribution in [-0.4, -0.2) is 41.8 Å². The normalized spacial score (nSPS) is 14.9. The number of carbonyl (C=O) groups excluding carboxylic acids is 2. The molecule has 1 aliphatic heterocycles. The molecule has 2 aromatic rings. The van der Waals surface area contributed by atoms with Crippen molar-refractivity contribution in [3.05, 3.63) is 58.0 Å². The number of aryl methyl sites for hydroxylation is 1. The highest BCUT2D eigenvalue weighted by Crippen LogP contribution is 2.34. The number of methoxy groups -OCH3 is 2. The third-order valence-electron chi connectivity index (χ3n) is 4.76. The Balaban J connectivity index is 1.74. The Morgan fingerprint density at radius 2 is 1.90 bits per heavy atom. The Kier molecular flexibility index (Phi) is 6.79. The predicted octanol–water partition coefficient (Wildman–Crippen LogP) is 4.16. The van der Waals surface area contributed by atoms with Gasteiger partial charge in [0.15, 0.2) is 11.5 Å². The Hall–Kier alpha value is -2.84. The van der Waals surface area contributed by atoms with E-state index in [0.717, 1.165) is 22.4 Å². The highest BCUT2D eigenvalue weighted by atomic mass is 32.2. The lowest BCUT2D eigenvalue weighted by molar-refractivity contribution is -0.126. The second-order valence-corrected chi connectivity index (χ2v) is 8.35. The molecule has 156 valence electrons. The van der Waals surface area contributed by atoms with Gasteiger partial charge in [-0.25, -0.2) is 0 Å². The molecule has 0 unspecified atom stereocenters. The molecule has 6 nitrogen and oxygen atoms in total. The number of amides is 2. The van der Waals surface area contributed by atoms with Crippen LogP contribution in [0.2, 0.25) is 0 Å². The number of nitrogens with zero attached hydrogens (tertiary/aromatic N) is 1. The van der Waals surface area contributed by atoms with E-state index in [2.05, 4.69) is 5.32 Å². The Morgan fingerprint density at radius 3 is 2.60 bits per heavy atom. The van der Waals surface area contributed by atoms with Crippen molar-refractivity contribution in [1.29, 1.82) is 0 Å². The quantitative estimate of drug-likeness (QED) is 0.535. The zero-order valence-electron chi connectivity index (χ0n) is 17.1. The zero-order valence-corrected chi connectivity index (χ0v) is 18.8. The van der Waals surface area contributed by atoms with E-state index in [9.17, 15) is 9.59 Å². The van der Waals surface area contributed by atoms with Crippen molar-refractivity contribution in [2.24, 2.45) is 0 Å². The van der Waals surface area contributed by atoms with Gasteiger partial charge in [0.1, 0.15) is 10.9 Å². The van der Waals surface area contributed by atoms with Crippen molar-refractivity contribution in [2.75, 3.05) is 26.1 Å². The van der Waals surface area contributed by atoms with E-state index >= 15 is 0 Å². The topological polar surface area (TPSA) is 67.9 Å². The van der Waals surface area contributed by atoms with Gasteiger partial charge in [-0.05, 0) is 54.8 Å². The SMILES string of the molecule is COc1ccc(C=C2SC(=S)N(CC(=O)Nc3cccc(C)c3C)C2=O)cc1OC. The number of hydrogen-bond acceptors (Lipinski definition) is 6. The number of ether oxygens (including phenoxy) is 2. The summed E-state index contributed by atoms with van der Waals surface area (Å²) in [5.41, 5.74) is 3.57. The minimum Gasteiger partial charge on any atom is -0.493 e. The van der Waals surface area contributed by atoms with Gasteiger partial charge >= 0.3 is 0 Å². The third kappa shape index (κ3) is 4.66. The molecule has 8 heteroatoms. The summed E-state index contributed by atoms with van der Waals surface area (Å²) >= 11 is 6.50. The average Bonchev–Trinajstić information content (AvgIpc) is 2.98. The summed E-state index contributed by atoms with van der Waals surface area (Å²) in [5.74, 6) is 0.572. The number of carbonyl (C=O) groups is 2. The lowest BCUT2D eigenvalue weighted by atomic mass is 10.1. The molecular formula is C22H22N2O4S2. The highest BCUT2D eigenvalue weighted by molar-refractivity contribution is 8.26. The van der Waals surface area contributed by atoms with Crippen LogP contribution in [0.1, 0.15) is 16.7 Å².